The zero-order chi connectivity index (χ0) is 24.6. The largest absolute Gasteiger partial charge is 0.457 e. The summed E-state index contributed by atoms with van der Waals surface area (Å²) < 4.78 is 6.32. The Morgan fingerprint density at radius 1 is 0.270 bits per heavy atom. The van der Waals surface area contributed by atoms with Crippen LogP contribution in [0.3, 0.4) is 0 Å². The monoisotopic (exact) mass is 472 g/mol. The van der Waals surface area contributed by atoms with E-state index in [1.54, 1.807) is 0 Å². The summed E-state index contributed by atoms with van der Waals surface area (Å²) in [5.74, 6) is 1.67. The van der Waals surface area contributed by atoms with Gasteiger partial charge in [0.2, 0.25) is 0 Å². The summed E-state index contributed by atoms with van der Waals surface area (Å²) in [5, 5.41) is 7.52. The summed E-state index contributed by atoms with van der Waals surface area (Å²) in [7, 11) is 0. The average molecular weight is 473 g/mol. The smallest absolute Gasteiger partial charge is 0.128 e. The van der Waals surface area contributed by atoms with Crippen molar-refractivity contribution >= 4 is 32.3 Å². The second kappa shape index (κ2) is 8.96. The van der Waals surface area contributed by atoms with Gasteiger partial charge in [0, 0.05) is 0 Å². The highest BCUT2D eigenvalue weighted by Gasteiger charge is 2.09. The molecule has 7 aromatic carbocycles. The predicted octanol–water partition coefficient (Wildman–Crippen LogP) is 10.3. The van der Waals surface area contributed by atoms with Gasteiger partial charge in [0.15, 0.2) is 0 Å². The fourth-order valence-electron chi connectivity index (χ4n) is 5.29. The van der Waals surface area contributed by atoms with Crippen molar-refractivity contribution in [3.63, 3.8) is 0 Å². The highest BCUT2D eigenvalue weighted by molar-refractivity contribution is 6.25. The van der Waals surface area contributed by atoms with Crippen LogP contribution in [0.2, 0.25) is 0 Å². The van der Waals surface area contributed by atoms with Crippen LogP contribution in [0.25, 0.3) is 54.6 Å². The maximum atomic E-state index is 6.32. The quantitative estimate of drug-likeness (QED) is 0.232. The van der Waals surface area contributed by atoms with Gasteiger partial charge in [-0.3, -0.25) is 0 Å². The third-order valence-electron chi connectivity index (χ3n) is 7.13. The SMILES string of the molecule is c1ccc(-c2ccc(-c3ccc(Oc4ccc5c6ccccc6c6ccccc6c5c4)cc3)cc2)cc1. The molecule has 0 saturated carbocycles. The molecule has 0 amide bonds. The Hall–Kier alpha value is -4.88. The average Bonchev–Trinajstić information content (AvgIpc) is 2.98. The molecule has 174 valence electrons. The van der Waals surface area contributed by atoms with Crippen molar-refractivity contribution in [1.82, 2.24) is 0 Å². The van der Waals surface area contributed by atoms with Crippen LogP contribution in [0.1, 0.15) is 0 Å². The predicted molar refractivity (Wildman–Crippen MR) is 156 cm³/mol. The van der Waals surface area contributed by atoms with Crippen molar-refractivity contribution < 1.29 is 4.74 Å². The highest BCUT2D eigenvalue weighted by atomic mass is 16.5. The van der Waals surface area contributed by atoms with E-state index in [1.165, 1.54) is 54.6 Å². The number of ether oxygens (including phenoxy) is 1. The number of hydrogen-bond acceptors (Lipinski definition) is 1. The molecule has 0 bridgehead atoms. The van der Waals surface area contributed by atoms with E-state index in [-0.39, 0.29) is 0 Å². The van der Waals surface area contributed by atoms with Crippen LogP contribution in [0.15, 0.2) is 146 Å². The molecule has 0 unspecified atom stereocenters. The molecule has 7 rings (SSSR count). The zero-order valence-corrected chi connectivity index (χ0v) is 20.3. The van der Waals surface area contributed by atoms with Crippen LogP contribution in [-0.2, 0) is 0 Å². The number of fused-ring (bicyclic) bond motifs is 6. The van der Waals surface area contributed by atoms with Crippen LogP contribution in [0.5, 0.6) is 11.5 Å². The molecule has 0 aliphatic rings. The van der Waals surface area contributed by atoms with Gasteiger partial charge in [-0.1, -0.05) is 121 Å². The Morgan fingerprint density at radius 3 is 1.19 bits per heavy atom. The Bertz CT molecular complexity index is 1830. The Labute approximate surface area is 216 Å². The molecule has 0 aliphatic heterocycles. The van der Waals surface area contributed by atoms with E-state index in [0.29, 0.717) is 0 Å². The van der Waals surface area contributed by atoms with Gasteiger partial charge < -0.3 is 4.74 Å². The van der Waals surface area contributed by atoms with Crippen molar-refractivity contribution in [3.05, 3.63) is 146 Å². The van der Waals surface area contributed by atoms with Crippen molar-refractivity contribution in [2.45, 2.75) is 0 Å². The Morgan fingerprint density at radius 2 is 0.649 bits per heavy atom. The van der Waals surface area contributed by atoms with Crippen molar-refractivity contribution in [2.24, 2.45) is 0 Å². The minimum absolute atomic E-state index is 0.828. The van der Waals surface area contributed by atoms with Crippen LogP contribution >= 0.6 is 0 Å². The van der Waals surface area contributed by atoms with Gasteiger partial charge >= 0.3 is 0 Å². The van der Waals surface area contributed by atoms with E-state index in [4.69, 9.17) is 4.74 Å². The first-order valence-corrected chi connectivity index (χ1v) is 12.6. The maximum absolute atomic E-state index is 6.32. The van der Waals surface area contributed by atoms with Crippen molar-refractivity contribution in [3.8, 4) is 33.8 Å². The minimum atomic E-state index is 0.828. The van der Waals surface area contributed by atoms with Crippen LogP contribution < -0.4 is 4.74 Å². The first kappa shape index (κ1) is 21.4. The molecule has 0 radical (unpaired) electrons. The summed E-state index contributed by atoms with van der Waals surface area (Å²) in [6, 6.07) is 51.2. The van der Waals surface area contributed by atoms with Gasteiger partial charge in [-0.05, 0) is 78.8 Å². The van der Waals surface area contributed by atoms with E-state index in [2.05, 4.69) is 127 Å². The van der Waals surface area contributed by atoms with E-state index in [1.807, 2.05) is 18.2 Å². The van der Waals surface area contributed by atoms with Gasteiger partial charge in [0.25, 0.3) is 0 Å². The minimum Gasteiger partial charge on any atom is -0.457 e. The Balaban J connectivity index is 1.19. The number of benzene rings is 7. The first-order valence-electron chi connectivity index (χ1n) is 12.6. The second-order valence-electron chi connectivity index (χ2n) is 9.37. The molecule has 0 spiro atoms. The number of rotatable bonds is 4. The Kier molecular flexibility index (Phi) is 5.19. The lowest BCUT2D eigenvalue weighted by Crippen LogP contribution is -1.87. The zero-order valence-electron chi connectivity index (χ0n) is 20.3. The second-order valence-corrected chi connectivity index (χ2v) is 9.37. The van der Waals surface area contributed by atoms with Gasteiger partial charge in [-0.25, -0.2) is 0 Å². The third-order valence-corrected chi connectivity index (χ3v) is 7.13. The van der Waals surface area contributed by atoms with Crippen molar-refractivity contribution in [2.75, 3.05) is 0 Å². The van der Waals surface area contributed by atoms with Gasteiger partial charge in [0.1, 0.15) is 11.5 Å². The molecular formula is C36H24O. The fraction of sp³-hybridized carbons (Fsp3) is 0. The summed E-state index contributed by atoms with van der Waals surface area (Å²) in [6.45, 7) is 0. The number of hydrogen-bond donors (Lipinski definition) is 0. The lowest BCUT2D eigenvalue weighted by molar-refractivity contribution is 0.483. The standard InChI is InChI=1S/C36H24O/c1-2-8-25(9-3-1)26-14-16-27(17-15-26)28-18-20-29(21-19-28)37-30-22-23-35-33-12-5-4-10-31(33)32-11-6-7-13-34(32)36(35)24-30/h1-24H. The van der Waals surface area contributed by atoms with E-state index in [0.717, 1.165) is 11.5 Å². The summed E-state index contributed by atoms with van der Waals surface area (Å²) >= 11 is 0. The fourth-order valence-corrected chi connectivity index (χ4v) is 5.29. The highest BCUT2D eigenvalue weighted by Crippen LogP contribution is 2.37. The molecule has 0 heterocycles. The topological polar surface area (TPSA) is 9.23 Å². The maximum Gasteiger partial charge on any atom is 0.128 e. The van der Waals surface area contributed by atoms with E-state index >= 15 is 0 Å². The summed E-state index contributed by atoms with van der Waals surface area (Å²) in [4.78, 5) is 0. The molecular weight excluding hydrogens is 448 g/mol. The summed E-state index contributed by atoms with van der Waals surface area (Å²) in [5.41, 5.74) is 4.81. The lowest BCUT2D eigenvalue weighted by atomic mass is 9.94. The molecule has 0 fully saturated rings. The normalized spacial score (nSPS) is 11.2. The molecule has 0 N–H and O–H groups in total. The molecule has 1 nitrogen and oxygen atoms in total. The molecule has 1 heteroatoms. The van der Waals surface area contributed by atoms with Crippen molar-refractivity contribution in [1.29, 1.82) is 0 Å². The van der Waals surface area contributed by atoms with E-state index in [9.17, 15) is 0 Å². The molecule has 37 heavy (non-hydrogen) atoms. The molecule has 7 aromatic rings. The van der Waals surface area contributed by atoms with Crippen LogP contribution in [-0.4, -0.2) is 0 Å². The van der Waals surface area contributed by atoms with Gasteiger partial charge in [-0.2, -0.15) is 0 Å². The molecule has 0 aliphatic carbocycles. The van der Waals surface area contributed by atoms with Crippen LogP contribution in [0.4, 0.5) is 0 Å². The molecule has 0 atom stereocenters. The first-order chi connectivity index (χ1) is 18.3. The lowest BCUT2D eigenvalue weighted by Gasteiger charge is -2.12. The molecule has 0 saturated heterocycles. The van der Waals surface area contributed by atoms with Gasteiger partial charge in [0.05, 0.1) is 0 Å². The van der Waals surface area contributed by atoms with Gasteiger partial charge in [-0.15, -0.1) is 0 Å². The van der Waals surface area contributed by atoms with Crippen LogP contribution in [0, 0.1) is 0 Å². The van der Waals surface area contributed by atoms with E-state index < -0.39 is 0 Å². The summed E-state index contributed by atoms with van der Waals surface area (Å²) in [6.07, 6.45) is 0. The third kappa shape index (κ3) is 3.91. The molecule has 0 aromatic heterocycles.